The zero-order chi connectivity index (χ0) is 13.8. The smallest absolute Gasteiger partial charge is 0.243 e. The Balaban J connectivity index is 3.10. The van der Waals surface area contributed by atoms with E-state index in [1.165, 1.54) is 4.31 Å². The maximum atomic E-state index is 12.4. The minimum absolute atomic E-state index is 0.00113. The second kappa shape index (κ2) is 6.31. The standard InChI is InChI=1S/C13H21NO3S/c1-4-14(6-5-7-15)18(16,17)13-9-11(2)8-12(3)10-13/h8-10,15H,4-7H2,1-3H3. The van der Waals surface area contributed by atoms with Gasteiger partial charge in [-0.2, -0.15) is 4.31 Å². The van der Waals surface area contributed by atoms with Crippen molar-refractivity contribution in [1.29, 1.82) is 0 Å². The van der Waals surface area contributed by atoms with Gasteiger partial charge in [0.25, 0.3) is 0 Å². The van der Waals surface area contributed by atoms with Gasteiger partial charge in [-0.25, -0.2) is 8.42 Å². The minimum Gasteiger partial charge on any atom is -0.396 e. The van der Waals surface area contributed by atoms with Crippen LogP contribution in [0.1, 0.15) is 24.5 Å². The second-order valence-electron chi connectivity index (χ2n) is 4.40. The van der Waals surface area contributed by atoms with Gasteiger partial charge in [-0.3, -0.25) is 0 Å². The maximum absolute atomic E-state index is 12.4. The van der Waals surface area contributed by atoms with Crippen molar-refractivity contribution in [2.75, 3.05) is 19.7 Å². The summed E-state index contributed by atoms with van der Waals surface area (Å²) in [5.41, 5.74) is 1.87. The molecule has 0 aliphatic heterocycles. The third kappa shape index (κ3) is 3.54. The van der Waals surface area contributed by atoms with Gasteiger partial charge in [0.15, 0.2) is 0 Å². The Kier molecular flexibility index (Phi) is 5.31. The van der Waals surface area contributed by atoms with E-state index < -0.39 is 10.0 Å². The van der Waals surface area contributed by atoms with Crippen LogP contribution in [0.4, 0.5) is 0 Å². The fourth-order valence-corrected chi connectivity index (χ4v) is 3.60. The van der Waals surface area contributed by atoms with Crippen LogP contribution in [0.5, 0.6) is 0 Å². The largest absolute Gasteiger partial charge is 0.396 e. The number of benzene rings is 1. The van der Waals surface area contributed by atoms with Crippen LogP contribution >= 0.6 is 0 Å². The summed E-state index contributed by atoms with van der Waals surface area (Å²) in [6.07, 6.45) is 0.456. The van der Waals surface area contributed by atoms with Gasteiger partial charge in [0.05, 0.1) is 4.90 Å². The molecule has 1 N–H and O–H groups in total. The van der Waals surface area contributed by atoms with Crippen molar-refractivity contribution in [3.8, 4) is 0 Å². The molecule has 0 fully saturated rings. The number of aliphatic hydroxyl groups excluding tert-OH is 1. The summed E-state index contributed by atoms with van der Waals surface area (Å²) in [4.78, 5) is 0.333. The van der Waals surface area contributed by atoms with Gasteiger partial charge in [-0.05, 0) is 43.5 Å². The predicted molar refractivity (Wildman–Crippen MR) is 72.1 cm³/mol. The molecule has 1 aromatic carbocycles. The number of rotatable bonds is 6. The average molecular weight is 271 g/mol. The SMILES string of the molecule is CCN(CCCO)S(=O)(=O)c1cc(C)cc(C)c1. The molecule has 4 nitrogen and oxygen atoms in total. The highest BCUT2D eigenvalue weighted by Crippen LogP contribution is 2.19. The molecule has 1 aromatic rings. The Hall–Kier alpha value is -0.910. The summed E-state index contributed by atoms with van der Waals surface area (Å²) >= 11 is 0. The summed E-state index contributed by atoms with van der Waals surface area (Å²) in [5.74, 6) is 0. The van der Waals surface area contributed by atoms with Gasteiger partial charge in [0, 0.05) is 19.7 Å². The van der Waals surface area contributed by atoms with Gasteiger partial charge in [-0.1, -0.05) is 13.0 Å². The summed E-state index contributed by atoms with van der Waals surface area (Å²) < 4.78 is 26.2. The van der Waals surface area contributed by atoms with Crippen molar-refractivity contribution in [3.05, 3.63) is 29.3 Å². The number of hydrogen-bond acceptors (Lipinski definition) is 3. The number of aliphatic hydroxyl groups is 1. The van der Waals surface area contributed by atoms with Crippen LogP contribution in [-0.2, 0) is 10.0 Å². The third-order valence-corrected chi connectivity index (χ3v) is 4.70. The Morgan fingerprint density at radius 2 is 1.72 bits per heavy atom. The molecule has 5 heteroatoms. The van der Waals surface area contributed by atoms with Crippen molar-refractivity contribution in [2.45, 2.75) is 32.1 Å². The van der Waals surface area contributed by atoms with Gasteiger partial charge in [-0.15, -0.1) is 0 Å². The van der Waals surface area contributed by atoms with Crippen molar-refractivity contribution < 1.29 is 13.5 Å². The van der Waals surface area contributed by atoms with Crippen molar-refractivity contribution in [2.24, 2.45) is 0 Å². The molecule has 0 bridgehead atoms. The molecule has 0 amide bonds. The van der Waals surface area contributed by atoms with E-state index in [-0.39, 0.29) is 6.61 Å². The Labute approximate surface area is 109 Å². The van der Waals surface area contributed by atoms with Crippen LogP contribution < -0.4 is 0 Å². The molecule has 102 valence electrons. The van der Waals surface area contributed by atoms with E-state index in [2.05, 4.69) is 0 Å². The predicted octanol–water partition coefficient (Wildman–Crippen LogP) is 1.70. The molecule has 0 unspecified atom stereocenters. The number of aryl methyl sites for hydroxylation is 2. The summed E-state index contributed by atoms with van der Waals surface area (Å²) in [7, 11) is -3.45. The van der Waals surface area contributed by atoms with Gasteiger partial charge >= 0.3 is 0 Å². The molecule has 0 radical (unpaired) electrons. The quantitative estimate of drug-likeness (QED) is 0.856. The van der Waals surface area contributed by atoms with Crippen LogP contribution in [-0.4, -0.2) is 37.5 Å². The number of hydrogen-bond donors (Lipinski definition) is 1. The third-order valence-electron chi connectivity index (χ3n) is 2.75. The highest BCUT2D eigenvalue weighted by Gasteiger charge is 2.22. The normalized spacial score (nSPS) is 12.1. The molecular formula is C13H21NO3S. The van der Waals surface area contributed by atoms with Crippen LogP contribution in [0.15, 0.2) is 23.1 Å². The maximum Gasteiger partial charge on any atom is 0.243 e. The van der Waals surface area contributed by atoms with E-state index in [9.17, 15) is 8.42 Å². The van der Waals surface area contributed by atoms with Gasteiger partial charge < -0.3 is 5.11 Å². The summed E-state index contributed by atoms with van der Waals surface area (Å²) in [5, 5.41) is 8.81. The molecule has 1 rings (SSSR count). The van der Waals surface area contributed by atoms with Crippen molar-refractivity contribution in [1.82, 2.24) is 4.31 Å². The Morgan fingerprint density at radius 3 is 2.17 bits per heavy atom. The molecule has 0 saturated carbocycles. The molecule has 0 saturated heterocycles. The van der Waals surface area contributed by atoms with Crippen LogP contribution in [0.25, 0.3) is 0 Å². The lowest BCUT2D eigenvalue weighted by molar-refractivity contribution is 0.271. The van der Waals surface area contributed by atoms with E-state index in [1.807, 2.05) is 19.9 Å². The Bertz CT molecular complexity index is 477. The fourth-order valence-electron chi connectivity index (χ4n) is 1.93. The zero-order valence-corrected chi connectivity index (χ0v) is 12.0. The Morgan fingerprint density at radius 1 is 1.17 bits per heavy atom. The monoisotopic (exact) mass is 271 g/mol. The van der Waals surface area contributed by atoms with E-state index in [0.717, 1.165) is 11.1 Å². The van der Waals surface area contributed by atoms with E-state index in [0.29, 0.717) is 24.4 Å². The summed E-state index contributed by atoms with van der Waals surface area (Å²) in [6.45, 7) is 6.33. The molecule has 18 heavy (non-hydrogen) atoms. The first-order valence-corrected chi connectivity index (χ1v) is 7.55. The molecule has 0 atom stereocenters. The van der Waals surface area contributed by atoms with Crippen LogP contribution in [0.2, 0.25) is 0 Å². The lowest BCUT2D eigenvalue weighted by Gasteiger charge is -2.20. The lowest BCUT2D eigenvalue weighted by atomic mass is 10.2. The van der Waals surface area contributed by atoms with Crippen molar-refractivity contribution >= 4 is 10.0 Å². The van der Waals surface area contributed by atoms with Crippen LogP contribution in [0.3, 0.4) is 0 Å². The van der Waals surface area contributed by atoms with E-state index in [4.69, 9.17) is 5.11 Å². The molecule has 0 aliphatic rings. The molecule has 0 spiro atoms. The second-order valence-corrected chi connectivity index (χ2v) is 6.34. The van der Waals surface area contributed by atoms with Crippen LogP contribution in [0, 0.1) is 13.8 Å². The molecule has 0 heterocycles. The lowest BCUT2D eigenvalue weighted by Crippen LogP contribution is -2.32. The average Bonchev–Trinajstić information content (AvgIpc) is 2.28. The van der Waals surface area contributed by atoms with E-state index in [1.54, 1.807) is 19.1 Å². The molecule has 0 aromatic heterocycles. The first-order valence-electron chi connectivity index (χ1n) is 6.11. The van der Waals surface area contributed by atoms with Crippen molar-refractivity contribution in [3.63, 3.8) is 0 Å². The highest BCUT2D eigenvalue weighted by molar-refractivity contribution is 7.89. The molecular weight excluding hydrogens is 250 g/mol. The number of sulfonamides is 1. The topological polar surface area (TPSA) is 57.6 Å². The number of nitrogens with zero attached hydrogens (tertiary/aromatic N) is 1. The molecule has 0 aliphatic carbocycles. The first-order chi connectivity index (χ1) is 8.41. The summed E-state index contributed by atoms with van der Waals surface area (Å²) in [6, 6.07) is 5.32. The van der Waals surface area contributed by atoms with E-state index >= 15 is 0 Å². The van der Waals surface area contributed by atoms with Gasteiger partial charge in [0.2, 0.25) is 10.0 Å². The highest BCUT2D eigenvalue weighted by atomic mass is 32.2. The minimum atomic E-state index is -3.45. The van der Waals surface area contributed by atoms with Gasteiger partial charge in [0.1, 0.15) is 0 Å². The fraction of sp³-hybridized carbons (Fsp3) is 0.538. The zero-order valence-electron chi connectivity index (χ0n) is 11.2. The first kappa shape index (κ1) is 15.1.